The number of aliphatic hydroxyl groups is 1. The van der Waals surface area contributed by atoms with Gasteiger partial charge in [-0.05, 0) is 31.0 Å². The molecule has 1 saturated carbocycles. The van der Waals surface area contributed by atoms with Crippen LogP contribution in [0.5, 0.6) is 0 Å². The first-order valence-electron chi connectivity index (χ1n) is 5.70. The van der Waals surface area contributed by atoms with Crippen LogP contribution in [0.15, 0.2) is 22.7 Å². The van der Waals surface area contributed by atoms with Crippen molar-refractivity contribution in [3.05, 3.63) is 33.5 Å². The molecule has 1 aliphatic carbocycles. The van der Waals surface area contributed by atoms with Gasteiger partial charge in [0.05, 0.1) is 5.02 Å². The van der Waals surface area contributed by atoms with Crippen LogP contribution in [0.4, 0.5) is 0 Å². The first-order valence-corrected chi connectivity index (χ1v) is 6.88. The summed E-state index contributed by atoms with van der Waals surface area (Å²) in [7, 11) is 0. The molecule has 1 fully saturated rings. The number of aliphatic hydroxyl groups excluding tert-OH is 1. The Balaban J connectivity index is 2.13. The van der Waals surface area contributed by atoms with E-state index in [4.69, 9.17) is 11.6 Å². The standard InChI is InChI=1S/C12H11BrClN3O/c13-7-1-4-9(10(14)5-7)12-16-15-11(6-18)17(12)8-2-3-8/h1,4-5,8,18H,2-3,6H2. The highest BCUT2D eigenvalue weighted by Crippen LogP contribution is 2.40. The fourth-order valence-corrected chi connectivity index (χ4v) is 2.76. The van der Waals surface area contributed by atoms with Crippen molar-refractivity contribution in [1.82, 2.24) is 14.8 Å². The largest absolute Gasteiger partial charge is 0.388 e. The van der Waals surface area contributed by atoms with Crippen molar-refractivity contribution in [2.24, 2.45) is 0 Å². The molecule has 3 rings (SSSR count). The molecule has 0 unspecified atom stereocenters. The van der Waals surface area contributed by atoms with Gasteiger partial charge in [0, 0.05) is 16.1 Å². The molecule has 0 amide bonds. The Hall–Kier alpha value is -0.910. The predicted molar refractivity (Wildman–Crippen MR) is 72.4 cm³/mol. The first kappa shape index (κ1) is 12.1. The number of hydrogen-bond donors (Lipinski definition) is 1. The van der Waals surface area contributed by atoms with Gasteiger partial charge in [0.25, 0.3) is 0 Å². The van der Waals surface area contributed by atoms with Gasteiger partial charge < -0.3 is 9.67 Å². The maximum absolute atomic E-state index is 9.30. The van der Waals surface area contributed by atoms with E-state index in [0.717, 1.165) is 28.7 Å². The minimum absolute atomic E-state index is 0.0996. The number of hydrogen-bond acceptors (Lipinski definition) is 3. The first-order chi connectivity index (χ1) is 8.70. The summed E-state index contributed by atoms with van der Waals surface area (Å²) < 4.78 is 2.92. The molecule has 1 aromatic carbocycles. The van der Waals surface area contributed by atoms with Gasteiger partial charge in [-0.1, -0.05) is 27.5 Å². The Labute approximate surface area is 118 Å². The monoisotopic (exact) mass is 327 g/mol. The summed E-state index contributed by atoms with van der Waals surface area (Å²) in [6.07, 6.45) is 2.21. The molecule has 1 N–H and O–H groups in total. The van der Waals surface area contributed by atoms with E-state index in [9.17, 15) is 5.11 Å². The van der Waals surface area contributed by atoms with E-state index in [1.54, 1.807) is 0 Å². The van der Waals surface area contributed by atoms with Crippen molar-refractivity contribution in [3.8, 4) is 11.4 Å². The molecule has 18 heavy (non-hydrogen) atoms. The molecular formula is C12H11BrClN3O. The van der Waals surface area contributed by atoms with Crippen molar-refractivity contribution in [3.63, 3.8) is 0 Å². The number of aromatic nitrogens is 3. The third-order valence-corrected chi connectivity index (χ3v) is 3.80. The SMILES string of the molecule is OCc1nnc(-c2ccc(Br)cc2Cl)n1C1CC1. The van der Waals surface area contributed by atoms with Crippen LogP contribution in [-0.4, -0.2) is 19.9 Å². The van der Waals surface area contributed by atoms with Crippen LogP contribution in [0.1, 0.15) is 24.7 Å². The minimum atomic E-state index is -0.0996. The van der Waals surface area contributed by atoms with E-state index in [0.29, 0.717) is 16.9 Å². The number of nitrogens with zero attached hydrogens (tertiary/aromatic N) is 3. The second kappa shape index (κ2) is 4.64. The van der Waals surface area contributed by atoms with E-state index < -0.39 is 0 Å². The van der Waals surface area contributed by atoms with E-state index in [1.165, 1.54) is 0 Å². The third-order valence-electron chi connectivity index (χ3n) is 2.99. The molecule has 94 valence electrons. The lowest BCUT2D eigenvalue weighted by atomic mass is 10.2. The summed E-state index contributed by atoms with van der Waals surface area (Å²) in [5, 5.41) is 18.1. The van der Waals surface area contributed by atoms with Crippen molar-refractivity contribution >= 4 is 27.5 Å². The molecule has 0 atom stereocenters. The van der Waals surface area contributed by atoms with Crippen LogP contribution in [0.25, 0.3) is 11.4 Å². The predicted octanol–water partition coefficient (Wildman–Crippen LogP) is 3.19. The average molecular weight is 329 g/mol. The zero-order valence-corrected chi connectivity index (χ0v) is 11.8. The molecule has 0 spiro atoms. The van der Waals surface area contributed by atoms with Gasteiger partial charge in [-0.3, -0.25) is 0 Å². The molecule has 2 aromatic rings. The van der Waals surface area contributed by atoms with Crippen LogP contribution >= 0.6 is 27.5 Å². The minimum Gasteiger partial charge on any atom is -0.388 e. The van der Waals surface area contributed by atoms with Gasteiger partial charge in [0.15, 0.2) is 11.6 Å². The van der Waals surface area contributed by atoms with Crippen LogP contribution in [0.3, 0.4) is 0 Å². The lowest BCUT2D eigenvalue weighted by Crippen LogP contribution is -2.03. The van der Waals surface area contributed by atoms with Gasteiger partial charge in [0.1, 0.15) is 6.61 Å². The van der Waals surface area contributed by atoms with Crippen LogP contribution in [0, 0.1) is 0 Å². The van der Waals surface area contributed by atoms with E-state index in [1.807, 2.05) is 22.8 Å². The molecular weight excluding hydrogens is 318 g/mol. The molecule has 1 heterocycles. The maximum atomic E-state index is 9.30. The normalized spacial score (nSPS) is 15.1. The van der Waals surface area contributed by atoms with Gasteiger partial charge in [-0.15, -0.1) is 10.2 Å². The molecule has 6 heteroatoms. The Morgan fingerprint density at radius 1 is 1.39 bits per heavy atom. The van der Waals surface area contributed by atoms with Crippen LogP contribution in [-0.2, 0) is 6.61 Å². The molecule has 1 aliphatic rings. The Bertz CT molecular complexity index is 595. The second-order valence-electron chi connectivity index (χ2n) is 4.32. The zero-order valence-electron chi connectivity index (χ0n) is 9.48. The molecule has 0 bridgehead atoms. The topological polar surface area (TPSA) is 50.9 Å². The third kappa shape index (κ3) is 2.06. The second-order valence-corrected chi connectivity index (χ2v) is 5.65. The molecule has 4 nitrogen and oxygen atoms in total. The van der Waals surface area contributed by atoms with Crippen LogP contribution < -0.4 is 0 Å². The Morgan fingerprint density at radius 3 is 2.78 bits per heavy atom. The average Bonchev–Trinajstić information content (AvgIpc) is 3.09. The number of benzene rings is 1. The Kier molecular flexibility index (Phi) is 3.13. The molecule has 0 aliphatic heterocycles. The number of rotatable bonds is 3. The van der Waals surface area contributed by atoms with Gasteiger partial charge in [-0.2, -0.15) is 0 Å². The van der Waals surface area contributed by atoms with Crippen LogP contribution in [0.2, 0.25) is 5.02 Å². The maximum Gasteiger partial charge on any atom is 0.165 e. The summed E-state index contributed by atoms with van der Waals surface area (Å²) in [5.74, 6) is 1.34. The lowest BCUT2D eigenvalue weighted by Gasteiger charge is -2.09. The summed E-state index contributed by atoms with van der Waals surface area (Å²) in [5.41, 5.74) is 0.846. The highest BCUT2D eigenvalue weighted by Gasteiger charge is 2.30. The van der Waals surface area contributed by atoms with E-state index in [-0.39, 0.29) is 6.61 Å². The number of halogens is 2. The van der Waals surface area contributed by atoms with Gasteiger partial charge in [-0.25, -0.2) is 0 Å². The highest BCUT2D eigenvalue weighted by molar-refractivity contribution is 9.10. The summed E-state index contributed by atoms with van der Waals surface area (Å²) >= 11 is 9.62. The lowest BCUT2D eigenvalue weighted by molar-refractivity contribution is 0.265. The van der Waals surface area contributed by atoms with Crippen molar-refractivity contribution < 1.29 is 5.11 Å². The van der Waals surface area contributed by atoms with Crippen molar-refractivity contribution in [1.29, 1.82) is 0 Å². The van der Waals surface area contributed by atoms with E-state index >= 15 is 0 Å². The summed E-state index contributed by atoms with van der Waals surface area (Å²) in [4.78, 5) is 0. The molecule has 0 radical (unpaired) electrons. The summed E-state index contributed by atoms with van der Waals surface area (Å²) in [6, 6.07) is 6.07. The summed E-state index contributed by atoms with van der Waals surface area (Å²) in [6.45, 7) is -0.0996. The van der Waals surface area contributed by atoms with Crippen molar-refractivity contribution in [2.75, 3.05) is 0 Å². The van der Waals surface area contributed by atoms with Crippen molar-refractivity contribution in [2.45, 2.75) is 25.5 Å². The highest BCUT2D eigenvalue weighted by atomic mass is 79.9. The smallest absolute Gasteiger partial charge is 0.165 e. The Morgan fingerprint density at radius 2 is 2.17 bits per heavy atom. The van der Waals surface area contributed by atoms with E-state index in [2.05, 4.69) is 26.1 Å². The molecule has 1 aromatic heterocycles. The van der Waals surface area contributed by atoms with Gasteiger partial charge in [0.2, 0.25) is 0 Å². The molecule has 0 saturated heterocycles. The fourth-order valence-electron chi connectivity index (χ4n) is 2.00. The zero-order chi connectivity index (χ0) is 12.7. The quantitative estimate of drug-likeness (QED) is 0.941. The van der Waals surface area contributed by atoms with Gasteiger partial charge >= 0.3 is 0 Å². The fraction of sp³-hybridized carbons (Fsp3) is 0.333.